The van der Waals surface area contributed by atoms with E-state index in [9.17, 15) is 0 Å². The first-order chi connectivity index (χ1) is 5.47. The number of fused-ring (bicyclic) bond motifs is 1. The molecule has 0 spiro atoms. The maximum atomic E-state index is 4.03. The minimum Gasteiger partial charge on any atom is -0.249 e. The SMILES string of the molecule is c1cn(C2C3CCCC32)nn1. The Kier molecular flexibility index (Phi) is 0.962. The minimum atomic E-state index is 0.714. The Morgan fingerprint density at radius 3 is 2.73 bits per heavy atom. The Morgan fingerprint density at radius 1 is 1.27 bits per heavy atom. The zero-order valence-corrected chi connectivity index (χ0v) is 6.35. The second kappa shape index (κ2) is 1.84. The van der Waals surface area contributed by atoms with Crippen LogP contribution in [0.15, 0.2) is 12.4 Å². The summed E-state index contributed by atoms with van der Waals surface area (Å²) in [5.74, 6) is 1.88. The van der Waals surface area contributed by atoms with Crippen LogP contribution in [0.1, 0.15) is 25.3 Å². The topological polar surface area (TPSA) is 30.7 Å². The van der Waals surface area contributed by atoms with Gasteiger partial charge in [-0.3, -0.25) is 0 Å². The van der Waals surface area contributed by atoms with Gasteiger partial charge in [0.2, 0.25) is 0 Å². The van der Waals surface area contributed by atoms with Gasteiger partial charge in [0.05, 0.1) is 12.2 Å². The monoisotopic (exact) mass is 149 g/mol. The lowest BCUT2D eigenvalue weighted by molar-refractivity contribution is 0.503. The molecule has 2 aliphatic rings. The number of hydrogen-bond acceptors (Lipinski definition) is 2. The van der Waals surface area contributed by atoms with Crippen molar-refractivity contribution in [3.8, 4) is 0 Å². The molecule has 0 N–H and O–H groups in total. The van der Waals surface area contributed by atoms with Gasteiger partial charge in [-0.15, -0.1) is 5.10 Å². The highest BCUT2D eigenvalue weighted by molar-refractivity contribution is 5.04. The van der Waals surface area contributed by atoms with Gasteiger partial charge in [0.1, 0.15) is 0 Å². The zero-order valence-electron chi connectivity index (χ0n) is 6.35. The summed E-state index contributed by atoms with van der Waals surface area (Å²) in [6, 6.07) is 0.714. The van der Waals surface area contributed by atoms with E-state index in [-0.39, 0.29) is 0 Å². The molecule has 1 aromatic heterocycles. The van der Waals surface area contributed by atoms with Gasteiger partial charge in [-0.05, 0) is 24.7 Å². The summed E-state index contributed by atoms with van der Waals surface area (Å²) < 4.78 is 2.04. The van der Waals surface area contributed by atoms with E-state index in [1.165, 1.54) is 19.3 Å². The quantitative estimate of drug-likeness (QED) is 0.601. The smallest absolute Gasteiger partial charge is 0.0693 e. The van der Waals surface area contributed by atoms with Crippen LogP contribution in [0.5, 0.6) is 0 Å². The van der Waals surface area contributed by atoms with E-state index >= 15 is 0 Å². The molecule has 0 aromatic carbocycles. The lowest BCUT2D eigenvalue weighted by atomic mass is 10.2. The van der Waals surface area contributed by atoms with Crippen LogP contribution >= 0.6 is 0 Å². The highest BCUT2D eigenvalue weighted by Gasteiger charge is 2.54. The number of nitrogens with zero attached hydrogens (tertiary/aromatic N) is 3. The van der Waals surface area contributed by atoms with Crippen molar-refractivity contribution in [2.45, 2.75) is 25.3 Å². The molecular formula is C8H11N3. The van der Waals surface area contributed by atoms with E-state index in [1.807, 2.05) is 10.9 Å². The highest BCUT2D eigenvalue weighted by Crippen LogP contribution is 2.60. The Hall–Kier alpha value is -0.860. The molecule has 58 valence electrons. The van der Waals surface area contributed by atoms with Crippen LogP contribution < -0.4 is 0 Å². The Labute approximate surface area is 65.4 Å². The number of hydrogen-bond donors (Lipinski definition) is 0. The molecule has 3 rings (SSSR count). The van der Waals surface area contributed by atoms with Gasteiger partial charge in [0, 0.05) is 6.20 Å². The first-order valence-corrected chi connectivity index (χ1v) is 4.32. The summed E-state index contributed by atoms with van der Waals surface area (Å²) in [6.45, 7) is 0. The molecule has 3 heteroatoms. The molecule has 1 aromatic rings. The molecule has 2 aliphatic carbocycles. The molecule has 11 heavy (non-hydrogen) atoms. The third-order valence-corrected chi connectivity index (χ3v) is 3.11. The molecule has 0 radical (unpaired) electrons. The van der Waals surface area contributed by atoms with E-state index < -0.39 is 0 Å². The summed E-state index contributed by atoms with van der Waals surface area (Å²) in [5, 5.41) is 7.85. The largest absolute Gasteiger partial charge is 0.249 e. The molecule has 0 aliphatic heterocycles. The van der Waals surface area contributed by atoms with Crippen molar-refractivity contribution in [3.63, 3.8) is 0 Å². The standard InChI is InChI=1S/C8H11N3/c1-2-6-7(3-1)8(6)11-5-4-9-10-11/h4-8H,1-3H2. The van der Waals surface area contributed by atoms with Crippen LogP contribution in [0.2, 0.25) is 0 Å². The summed E-state index contributed by atoms with van der Waals surface area (Å²) in [7, 11) is 0. The van der Waals surface area contributed by atoms with Crippen LogP contribution in [-0.2, 0) is 0 Å². The molecule has 3 nitrogen and oxygen atoms in total. The van der Waals surface area contributed by atoms with E-state index in [0.717, 1.165) is 11.8 Å². The van der Waals surface area contributed by atoms with Crippen LogP contribution in [0.4, 0.5) is 0 Å². The van der Waals surface area contributed by atoms with Gasteiger partial charge in [-0.1, -0.05) is 11.6 Å². The van der Waals surface area contributed by atoms with Crippen LogP contribution in [0.3, 0.4) is 0 Å². The van der Waals surface area contributed by atoms with Crippen LogP contribution in [0.25, 0.3) is 0 Å². The van der Waals surface area contributed by atoms with Crippen molar-refractivity contribution >= 4 is 0 Å². The molecular weight excluding hydrogens is 138 g/mol. The molecule has 0 saturated heterocycles. The number of rotatable bonds is 1. The van der Waals surface area contributed by atoms with Gasteiger partial charge in [0.25, 0.3) is 0 Å². The Balaban J connectivity index is 1.85. The summed E-state index contributed by atoms with van der Waals surface area (Å²) in [6.07, 6.45) is 8.02. The maximum Gasteiger partial charge on any atom is 0.0693 e. The molecule has 0 bridgehead atoms. The second-order valence-electron chi connectivity index (χ2n) is 3.63. The van der Waals surface area contributed by atoms with Crippen molar-refractivity contribution < 1.29 is 0 Å². The third kappa shape index (κ3) is 0.682. The molecule has 2 unspecified atom stereocenters. The van der Waals surface area contributed by atoms with Crippen molar-refractivity contribution in [2.75, 3.05) is 0 Å². The van der Waals surface area contributed by atoms with Crippen molar-refractivity contribution in [2.24, 2.45) is 11.8 Å². The van der Waals surface area contributed by atoms with Crippen molar-refractivity contribution in [1.82, 2.24) is 15.0 Å². The van der Waals surface area contributed by atoms with Crippen LogP contribution in [-0.4, -0.2) is 15.0 Å². The predicted octanol–water partition coefficient (Wildman–Crippen LogP) is 1.25. The predicted molar refractivity (Wildman–Crippen MR) is 39.9 cm³/mol. The fraction of sp³-hybridized carbons (Fsp3) is 0.750. The fourth-order valence-corrected chi connectivity index (χ4v) is 2.55. The van der Waals surface area contributed by atoms with Crippen LogP contribution in [0, 0.1) is 11.8 Å². The zero-order chi connectivity index (χ0) is 7.26. The summed E-state index contributed by atoms with van der Waals surface area (Å²) in [4.78, 5) is 0. The second-order valence-corrected chi connectivity index (χ2v) is 3.63. The molecule has 2 atom stereocenters. The van der Waals surface area contributed by atoms with E-state index in [2.05, 4.69) is 10.3 Å². The molecule has 1 heterocycles. The maximum absolute atomic E-state index is 4.03. The molecule has 0 amide bonds. The third-order valence-electron chi connectivity index (χ3n) is 3.11. The molecule has 2 fully saturated rings. The van der Waals surface area contributed by atoms with E-state index in [1.54, 1.807) is 6.20 Å². The first kappa shape index (κ1) is 5.75. The normalized spacial score (nSPS) is 40.5. The fourth-order valence-electron chi connectivity index (χ4n) is 2.55. The number of aromatic nitrogens is 3. The van der Waals surface area contributed by atoms with Crippen molar-refractivity contribution in [3.05, 3.63) is 12.4 Å². The van der Waals surface area contributed by atoms with Gasteiger partial charge >= 0.3 is 0 Å². The van der Waals surface area contributed by atoms with E-state index in [4.69, 9.17) is 0 Å². The van der Waals surface area contributed by atoms with Gasteiger partial charge in [0.15, 0.2) is 0 Å². The average molecular weight is 149 g/mol. The van der Waals surface area contributed by atoms with E-state index in [0.29, 0.717) is 6.04 Å². The molecule has 2 saturated carbocycles. The summed E-state index contributed by atoms with van der Waals surface area (Å²) in [5.41, 5.74) is 0. The van der Waals surface area contributed by atoms with Gasteiger partial charge in [-0.2, -0.15) is 0 Å². The van der Waals surface area contributed by atoms with Crippen molar-refractivity contribution in [1.29, 1.82) is 0 Å². The highest BCUT2D eigenvalue weighted by atomic mass is 15.4. The summed E-state index contributed by atoms with van der Waals surface area (Å²) >= 11 is 0. The minimum absolute atomic E-state index is 0.714. The average Bonchev–Trinajstić information content (AvgIpc) is 2.57. The Morgan fingerprint density at radius 2 is 2.09 bits per heavy atom. The van der Waals surface area contributed by atoms with Gasteiger partial charge < -0.3 is 0 Å². The Bertz CT molecular complexity index is 244. The lowest BCUT2D eigenvalue weighted by Crippen LogP contribution is -2.00. The first-order valence-electron chi connectivity index (χ1n) is 4.32. The lowest BCUT2D eigenvalue weighted by Gasteiger charge is -2.00. The van der Waals surface area contributed by atoms with Gasteiger partial charge in [-0.25, -0.2) is 4.68 Å².